The molecule has 0 radical (unpaired) electrons. The summed E-state index contributed by atoms with van der Waals surface area (Å²) in [4.78, 5) is 26.7. The van der Waals surface area contributed by atoms with Crippen LogP contribution in [0.3, 0.4) is 0 Å². The van der Waals surface area contributed by atoms with Crippen LogP contribution in [-0.2, 0) is 18.3 Å². The Balaban J connectivity index is 1.41. The second kappa shape index (κ2) is 6.50. The van der Waals surface area contributed by atoms with Crippen molar-refractivity contribution >= 4 is 5.91 Å². The van der Waals surface area contributed by atoms with Crippen LogP contribution < -0.4 is 5.69 Å². The van der Waals surface area contributed by atoms with E-state index in [-0.39, 0.29) is 17.5 Å². The van der Waals surface area contributed by atoms with Crippen LogP contribution in [0.5, 0.6) is 0 Å². The predicted octanol–water partition coefficient (Wildman–Crippen LogP) is 1.87. The summed E-state index contributed by atoms with van der Waals surface area (Å²) < 4.78 is 3.35. The van der Waals surface area contributed by atoms with Gasteiger partial charge in [0.05, 0.1) is 6.42 Å². The van der Waals surface area contributed by atoms with E-state index >= 15 is 0 Å². The Kier molecular flexibility index (Phi) is 4.19. The van der Waals surface area contributed by atoms with Gasteiger partial charge in [-0.25, -0.2) is 9.48 Å². The summed E-state index contributed by atoms with van der Waals surface area (Å²) in [7, 11) is 1.73. The second-order valence-corrected chi connectivity index (χ2v) is 7.18. The van der Waals surface area contributed by atoms with Gasteiger partial charge in [-0.2, -0.15) is 5.10 Å². The fourth-order valence-electron chi connectivity index (χ4n) is 3.72. The van der Waals surface area contributed by atoms with Gasteiger partial charge in [-0.05, 0) is 31.2 Å². The van der Waals surface area contributed by atoms with Gasteiger partial charge in [-0.1, -0.05) is 30.3 Å². The molecule has 1 amide bonds. The molecule has 4 rings (SSSR count). The summed E-state index contributed by atoms with van der Waals surface area (Å²) in [6.07, 6.45) is 4.37. The molecule has 0 unspecified atom stereocenters. The van der Waals surface area contributed by atoms with Crippen molar-refractivity contribution in [2.45, 2.75) is 44.1 Å². The predicted molar refractivity (Wildman–Crippen MR) is 94.4 cm³/mol. The van der Waals surface area contributed by atoms with E-state index in [1.807, 2.05) is 39.8 Å². The van der Waals surface area contributed by atoms with E-state index in [9.17, 15) is 9.59 Å². The molecule has 1 saturated heterocycles. The van der Waals surface area contributed by atoms with Gasteiger partial charge in [0.1, 0.15) is 5.82 Å². The lowest BCUT2D eigenvalue weighted by atomic mass is 9.95. The summed E-state index contributed by atoms with van der Waals surface area (Å²) in [5, 5.41) is 4.50. The molecule has 2 aromatic rings. The minimum Gasteiger partial charge on any atom is -0.342 e. The molecule has 0 spiro atoms. The number of aryl methyl sites for hydroxylation is 1. The van der Waals surface area contributed by atoms with Crippen molar-refractivity contribution in [1.29, 1.82) is 0 Å². The van der Waals surface area contributed by atoms with E-state index < -0.39 is 0 Å². The van der Waals surface area contributed by atoms with Crippen molar-refractivity contribution in [3.63, 3.8) is 0 Å². The fourth-order valence-corrected chi connectivity index (χ4v) is 3.72. The van der Waals surface area contributed by atoms with Crippen LogP contribution in [0, 0.1) is 0 Å². The number of piperidine rings is 1. The number of aromatic nitrogens is 3. The number of carbonyl (C=O) groups excluding carboxylic acids is 1. The standard InChI is InChI=1S/C19H24N4O2/c1-21-19(25)23(16-7-8-16)18(20-21)15-9-11-22(12-10-15)17(24)13-14-5-3-2-4-6-14/h2-6,15-16H,7-13H2,1H3. The lowest BCUT2D eigenvalue weighted by Gasteiger charge is -2.31. The van der Waals surface area contributed by atoms with Crippen LogP contribution in [0.2, 0.25) is 0 Å². The Bertz CT molecular complexity index is 812. The zero-order valence-electron chi connectivity index (χ0n) is 14.6. The first kappa shape index (κ1) is 16.1. The number of benzene rings is 1. The van der Waals surface area contributed by atoms with Crippen molar-refractivity contribution in [2.75, 3.05) is 13.1 Å². The van der Waals surface area contributed by atoms with Crippen LogP contribution in [0.15, 0.2) is 35.1 Å². The molecule has 2 aliphatic rings. The first-order chi connectivity index (χ1) is 12.1. The molecular weight excluding hydrogens is 316 g/mol. The van der Waals surface area contributed by atoms with E-state index in [0.29, 0.717) is 12.5 Å². The number of carbonyl (C=O) groups is 1. The topological polar surface area (TPSA) is 60.1 Å². The minimum atomic E-state index is 0.0000774. The number of hydrogen-bond acceptors (Lipinski definition) is 3. The van der Waals surface area contributed by atoms with E-state index in [1.165, 1.54) is 4.68 Å². The van der Waals surface area contributed by atoms with E-state index in [4.69, 9.17) is 0 Å². The molecular formula is C19H24N4O2. The molecule has 2 heterocycles. The molecule has 1 aromatic heterocycles. The Hall–Kier alpha value is -2.37. The summed E-state index contributed by atoms with van der Waals surface area (Å²) >= 11 is 0. The Morgan fingerprint density at radius 2 is 1.80 bits per heavy atom. The summed E-state index contributed by atoms with van der Waals surface area (Å²) in [6.45, 7) is 1.48. The zero-order chi connectivity index (χ0) is 17.4. The van der Waals surface area contributed by atoms with Crippen LogP contribution in [0.25, 0.3) is 0 Å². The van der Waals surface area contributed by atoms with E-state index in [0.717, 1.165) is 50.2 Å². The maximum atomic E-state index is 12.5. The number of amides is 1. The van der Waals surface area contributed by atoms with Gasteiger partial charge in [-0.15, -0.1) is 0 Å². The maximum Gasteiger partial charge on any atom is 0.345 e. The summed E-state index contributed by atoms with van der Waals surface area (Å²) in [5.74, 6) is 1.38. The molecule has 1 aliphatic heterocycles. The van der Waals surface area contributed by atoms with Crippen LogP contribution in [-0.4, -0.2) is 38.2 Å². The average molecular weight is 340 g/mol. The molecule has 1 saturated carbocycles. The molecule has 6 nitrogen and oxygen atoms in total. The van der Waals surface area contributed by atoms with E-state index in [2.05, 4.69) is 5.10 Å². The molecule has 1 aromatic carbocycles. The lowest BCUT2D eigenvalue weighted by Crippen LogP contribution is -2.39. The highest BCUT2D eigenvalue weighted by molar-refractivity contribution is 5.78. The van der Waals surface area contributed by atoms with Gasteiger partial charge in [0.15, 0.2) is 0 Å². The van der Waals surface area contributed by atoms with Crippen molar-refractivity contribution in [3.8, 4) is 0 Å². The Labute approximate surface area is 147 Å². The lowest BCUT2D eigenvalue weighted by molar-refractivity contribution is -0.131. The molecule has 1 aliphatic carbocycles. The highest BCUT2D eigenvalue weighted by Crippen LogP contribution is 2.37. The highest BCUT2D eigenvalue weighted by atomic mass is 16.2. The van der Waals surface area contributed by atoms with Gasteiger partial charge in [-0.3, -0.25) is 9.36 Å². The quantitative estimate of drug-likeness (QED) is 0.854. The van der Waals surface area contributed by atoms with Crippen LogP contribution in [0.1, 0.15) is 49.0 Å². The zero-order valence-corrected chi connectivity index (χ0v) is 14.6. The first-order valence-corrected chi connectivity index (χ1v) is 9.10. The van der Waals surface area contributed by atoms with E-state index in [1.54, 1.807) is 7.05 Å². The monoisotopic (exact) mass is 340 g/mol. The van der Waals surface area contributed by atoms with Gasteiger partial charge < -0.3 is 4.90 Å². The highest BCUT2D eigenvalue weighted by Gasteiger charge is 2.34. The summed E-state index contributed by atoms with van der Waals surface area (Å²) in [5.41, 5.74) is 1.06. The number of likely N-dealkylation sites (tertiary alicyclic amines) is 1. The first-order valence-electron chi connectivity index (χ1n) is 9.10. The molecule has 6 heteroatoms. The third kappa shape index (κ3) is 3.25. The Morgan fingerprint density at radius 3 is 2.44 bits per heavy atom. The Morgan fingerprint density at radius 1 is 1.12 bits per heavy atom. The molecule has 0 atom stereocenters. The van der Waals surface area contributed by atoms with Gasteiger partial charge in [0.25, 0.3) is 0 Å². The van der Waals surface area contributed by atoms with Crippen molar-refractivity contribution in [2.24, 2.45) is 7.05 Å². The largest absolute Gasteiger partial charge is 0.345 e. The molecule has 0 bridgehead atoms. The molecule has 2 fully saturated rings. The SMILES string of the molecule is Cn1nc(C2CCN(C(=O)Cc3ccccc3)CC2)n(C2CC2)c1=O. The van der Waals surface area contributed by atoms with Crippen LogP contribution >= 0.6 is 0 Å². The van der Waals surface area contributed by atoms with Crippen molar-refractivity contribution in [1.82, 2.24) is 19.2 Å². The van der Waals surface area contributed by atoms with Crippen LogP contribution in [0.4, 0.5) is 0 Å². The minimum absolute atomic E-state index is 0.0000774. The van der Waals surface area contributed by atoms with Crippen molar-refractivity contribution in [3.05, 3.63) is 52.2 Å². The van der Waals surface area contributed by atoms with Gasteiger partial charge in [0, 0.05) is 32.1 Å². The molecule has 0 N–H and O–H groups in total. The smallest absolute Gasteiger partial charge is 0.342 e. The maximum absolute atomic E-state index is 12.5. The number of rotatable bonds is 4. The van der Waals surface area contributed by atoms with Gasteiger partial charge >= 0.3 is 5.69 Å². The molecule has 25 heavy (non-hydrogen) atoms. The summed E-state index contributed by atoms with van der Waals surface area (Å²) in [6, 6.07) is 10.2. The fraction of sp³-hybridized carbons (Fsp3) is 0.526. The normalized spacial score (nSPS) is 18.5. The third-order valence-corrected chi connectivity index (χ3v) is 5.31. The second-order valence-electron chi connectivity index (χ2n) is 7.18. The number of hydrogen-bond donors (Lipinski definition) is 0. The molecule has 132 valence electrons. The van der Waals surface area contributed by atoms with Gasteiger partial charge in [0.2, 0.25) is 5.91 Å². The number of nitrogens with zero attached hydrogens (tertiary/aromatic N) is 4. The third-order valence-electron chi connectivity index (χ3n) is 5.31. The van der Waals surface area contributed by atoms with Crippen molar-refractivity contribution < 1.29 is 4.79 Å². The average Bonchev–Trinajstić information content (AvgIpc) is 3.42.